The van der Waals surface area contributed by atoms with Gasteiger partial charge in [-0.1, -0.05) is 23.2 Å². The van der Waals surface area contributed by atoms with Crippen molar-refractivity contribution in [2.75, 3.05) is 7.11 Å². The number of carbonyl (C=O) groups is 1. The Bertz CT molecular complexity index is 836. The first-order valence-electron chi connectivity index (χ1n) is 6.56. The molecule has 3 aromatic rings. The summed E-state index contributed by atoms with van der Waals surface area (Å²) >= 11 is 5.94. The molecule has 21 heavy (non-hydrogen) atoms. The standard InChI is InChI=1S/C17H14ClNO2/c1-10-3-6-15-13(7-10)14(9-19-15)17(20)12-5-4-11(18)8-16(12)21-2/h3-9,19H,1-2H3. The second kappa shape index (κ2) is 5.26. The Morgan fingerprint density at radius 3 is 2.71 bits per heavy atom. The Hall–Kier alpha value is -2.26. The Morgan fingerprint density at radius 2 is 1.95 bits per heavy atom. The van der Waals surface area contributed by atoms with Gasteiger partial charge < -0.3 is 9.72 Å². The van der Waals surface area contributed by atoms with Gasteiger partial charge in [0.05, 0.1) is 12.7 Å². The molecule has 0 unspecified atom stereocenters. The van der Waals surface area contributed by atoms with Gasteiger partial charge in [-0.3, -0.25) is 4.79 Å². The zero-order chi connectivity index (χ0) is 15.0. The second-order valence-corrected chi connectivity index (χ2v) is 5.36. The van der Waals surface area contributed by atoms with E-state index in [9.17, 15) is 4.79 Å². The molecule has 0 fully saturated rings. The number of methoxy groups -OCH3 is 1. The molecular weight excluding hydrogens is 286 g/mol. The molecule has 3 nitrogen and oxygen atoms in total. The molecular formula is C17H14ClNO2. The number of rotatable bonds is 3. The van der Waals surface area contributed by atoms with Gasteiger partial charge in [0, 0.05) is 27.7 Å². The van der Waals surface area contributed by atoms with Crippen LogP contribution in [0.5, 0.6) is 5.75 Å². The monoisotopic (exact) mass is 299 g/mol. The lowest BCUT2D eigenvalue weighted by Gasteiger charge is -2.07. The van der Waals surface area contributed by atoms with Crippen LogP contribution in [0.1, 0.15) is 21.5 Å². The molecule has 0 amide bonds. The van der Waals surface area contributed by atoms with Crippen molar-refractivity contribution >= 4 is 28.3 Å². The summed E-state index contributed by atoms with van der Waals surface area (Å²) < 4.78 is 5.27. The number of ether oxygens (including phenoxy) is 1. The summed E-state index contributed by atoms with van der Waals surface area (Å²) in [7, 11) is 1.53. The van der Waals surface area contributed by atoms with Crippen molar-refractivity contribution in [2.24, 2.45) is 0 Å². The molecule has 1 heterocycles. The predicted octanol–water partition coefficient (Wildman–Crippen LogP) is 4.37. The SMILES string of the molecule is COc1cc(Cl)ccc1C(=O)c1c[nH]c2ccc(C)cc12. The number of ketones is 1. The van der Waals surface area contributed by atoms with Gasteiger partial charge in [0.1, 0.15) is 5.75 Å². The van der Waals surface area contributed by atoms with Crippen molar-refractivity contribution in [2.45, 2.75) is 6.92 Å². The molecule has 0 saturated heterocycles. The van der Waals surface area contributed by atoms with Gasteiger partial charge >= 0.3 is 0 Å². The maximum Gasteiger partial charge on any atom is 0.198 e. The van der Waals surface area contributed by atoms with E-state index in [0.29, 0.717) is 21.9 Å². The van der Waals surface area contributed by atoms with Gasteiger partial charge in [0.2, 0.25) is 0 Å². The van der Waals surface area contributed by atoms with Crippen LogP contribution in [-0.2, 0) is 0 Å². The summed E-state index contributed by atoms with van der Waals surface area (Å²) in [5, 5.41) is 1.45. The molecule has 0 saturated carbocycles. The van der Waals surface area contributed by atoms with Crippen LogP contribution in [0.4, 0.5) is 0 Å². The van der Waals surface area contributed by atoms with Gasteiger partial charge in [0.15, 0.2) is 5.78 Å². The highest BCUT2D eigenvalue weighted by Crippen LogP contribution is 2.28. The van der Waals surface area contributed by atoms with E-state index in [1.54, 1.807) is 24.4 Å². The minimum absolute atomic E-state index is 0.0830. The van der Waals surface area contributed by atoms with Crippen LogP contribution >= 0.6 is 11.6 Å². The van der Waals surface area contributed by atoms with Crippen LogP contribution in [0.15, 0.2) is 42.6 Å². The number of nitrogens with one attached hydrogen (secondary N) is 1. The average molecular weight is 300 g/mol. The van der Waals surface area contributed by atoms with Crippen LogP contribution in [0, 0.1) is 6.92 Å². The summed E-state index contributed by atoms with van der Waals surface area (Å²) in [6, 6.07) is 11.0. The van der Waals surface area contributed by atoms with Crippen LogP contribution < -0.4 is 4.74 Å². The molecule has 1 aromatic heterocycles. The number of aryl methyl sites for hydroxylation is 1. The quantitative estimate of drug-likeness (QED) is 0.730. The normalized spacial score (nSPS) is 10.8. The van der Waals surface area contributed by atoms with Crippen molar-refractivity contribution in [3.8, 4) is 5.75 Å². The smallest absolute Gasteiger partial charge is 0.198 e. The number of carbonyl (C=O) groups excluding carboxylic acids is 1. The highest BCUT2D eigenvalue weighted by atomic mass is 35.5. The van der Waals surface area contributed by atoms with Crippen LogP contribution in [-0.4, -0.2) is 17.9 Å². The Labute approximate surface area is 127 Å². The fourth-order valence-electron chi connectivity index (χ4n) is 2.42. The van der Waals surface area contributed by atoms with Crippen molar-refractivity contribution in [1.29, 1.82) is 0 Å². The largest absolute Gasteiger partial charge is 0.496 e. The van der Waals surface area contributed by atoms with E-state index >= 15 is 0 Å². The van der Waals surface area contributed by atoms with E-state index in [4.69, 9.17) is 16.3 Å². The van der Waals surface area contributed by atoms with E-state index in [0.717, 1.165) is 16.5 Å². The van der Waals surface area contributed by atoms with Gasteiger partial charge in [-0.25, -0.2) is 0 Å². The van der Waals surface area contributed by atoms with Crippen molar-refractivity contribution < 1.29 is 9.53 Å². The van der Waals surface area contributed by atoms with E-state index in [1.165, 1.54) is 7.11 Å². The average Bonchev–Trinajstić information content (AvgIpc) is 2.89. The third-order valence-corrected chi connectivity index (χ3v) is 3.73. The van der Waals surface area contributed by atoms with E-state index in [2.05, 4.69) is 4.98 Å². The first kappa shape index (κ1) is 13.7. The first-order chi connectivity index (χ1) is 10.1. The van der Waals surface area contributed by atoms with Gasteiger partial charge in [-0.05, 0) is 37.3 Å². The Balaban J connectivity index is 2.15. The first-order valence-corrected chi connectivity index (χ1v) is 6.94. The van der Waals surface area contributed by atoms with Crippen molar-refractivity contribution in [3.05, 3.63) is 64.3 Å². The fourth-order valence-corrected chi connectivity index (χ4v) is 2.58. The lowest BCUT2D eigenvalue weighted by Crippen LogP contribution is -2.03. The molecule has 3 rings (SSSR count). The number of benzene rings is 2. The summed E-state index contributed by atoms with van der Waals surface area (Å²) in [6.45, 7) is 2.00. The minimum atomic E-state index is -0.0830. The number of aromatic amines is 1. The molecule has 0 aliphatic heterocycles. The number of hydrogen-bond donors (Lipinski definition) is 1. The minimum Gasteiger partial charge on any atom is -0.496 e. The summed E-state index contributed by atoms with van der Waals surface area (Å²) in [6.07, 6.45) is 1.74. The van der Waals surface area contributed by atoms with Crippen LogP contribution in [0.2, 0.25) is 5.02 Å². The number of fused-ring (bicyclic) bond motifs is 1. The third-order valence-electron chi connectivity index (χ3n) is 3.49. The molecule has 2 aromatic carbocycles. The molecule has 106 valence electrons. The number of halogens is 1. The topological polar surface area (TPSA) is 42.1 Å². The number of hydrogen-bond acceptors (Lipinski definition) is 2. The van der Waals surface area contributed by atoms with E-state index in [-0.39, 0.29) is 5.78 Å². The lowest BCUT2D eigenvalue weighted by molar-refractivity contribution is 0.103. The highest BCUT2D eigenvalue weighted by molar-refractivity contribution is 6.31. The molecule has 0 aliphatic rings. The number of H-pyrrole nitrogens is 1. The molecule has 1 N–H and O–H groups in total. The van der Waals surface area contributed by atoms with Gasteiger partial charge in [-0.15, -0.1) is 0 Å². The maximum atomic E-state index is 12.8. The highest BCUT2D eigenvalue weighted by Gasteiger charge is 2.18. The summed E-state index contributed by atoms with van der Waals surface area (Å²) in [4.78, 5) is 15.9. The van der Waals surface area contributed by atoms with Crippen molar-refractivity contribution in [1.82, 2.24) is 4.98 Å². The zero-order valence-corrected chi connectivity index (χ0v) is 12.5. The lowest BCUT2D eigenvalue weighted by atomic mass is 10.0. The zero-order valence-electron chi connectivity index (χ0n) is 11.7. The third kappa shape index (κ3) is 2.41. The molecule has 0 aliphatic carbocycles. The Kier molecular flexibility index (Phi) is 3.43. The van der Waals surface area contributed by atoms with E-state index in [1.807, 2.05) is 25.1 Å². The van der Waals surface area contributed by atoms with Crippen LogP contribution in [0.25, 0.3) is 10.9 Å². The maximum absolute atomic E-state index is 12.8. The second-order valence-electron chi connectivity index (χ2n) is 4.93. The summed E-state index contributed by atoms with van der Waals surface area (Å²) in [5.74, 6) is 0.398. The predicted molar refractivity (Wildman–Crippen MR) is 84.5 cm³/mol. The molecule has 0 radical (unpaired) electrons. The van der Waals surface area contributed by atoms with Gasteiger partial charge in [-0.2, -0.15) is 0 Å². The number of aromatic nitrogens is 1. The molecule has 0 bridgehead atoms. The fraction of sp³-hybridized carbons (Fsp3) is 0.118. The Morgan fingerprint density at radius 1 is 1.14 bits per heavy atom. The van der Waals surface area contributed by atoms with Crippen LogP contribution in [0.3, 0.4) is 0 Å². The molecule has 4 heteroatoms. The summed E-state index contributed by atoms with van der Waals surface area (Å²) in [5.41, 5.74) is 3.19. The molecule has 0 atom stereocenters. The van der Waals surface area contributed by atoms with E-state index < -0.39 is 0 Å². The van der Waals surface area contributed by atoms with Gasteiger partial charge in [0.25, 0.3) is 0 Å². The molecule has 0 spiro atoms. The van der Waals surface area contributed by atoms with Crippen molar-refractivity contribution in [3.63, 3.8) is 0 Å².